The molecular formula is C6H7ClN6. The Bertz CT molecular complexity index is 387. The van der Waals surface area contributed by atoms with Gasteiger partial charge in [0.1, 0.15) is 5.69 Å². The normalized spacial score (nSPS) is 14.4. The van der Waals surface area contributed by atoms with Crippen LogP contribution in [0.1, 0.15) is 5.69 Å². The van der Waals surface area contributed by atoms with Crippen molar-refractivity contribution in [3.8, 4) is 0 Å². The van der Waals surface area contributed by atoms with E-state index in [-0.39, 0.29) is 11.1 Å². The Morgan fingerprint density at radius 1 is 1.31 bits per heavy atom. The average molecular weight is 199 g/mol. The maximum Gasteiger partial charge on any atom is 0.224 e. The van der Waals surface area contributed by atoms with Crippen LogP contribution in [0.25, 0.3) is 0 Å². The van der Waals surface area contributed by atoms with Crippen LogP contribution in [-0.4, -0.2) is 15.9 Å². The van der Waals surface area contributed by atoms with E-state index in [2.05, 4.69) is 20.3 Å². The van der Waals surface area contributed by atoms with Crippen LogP contribution in [-0.2, 0) is 6.54 Å². The van der Waals surface area contributed by atoms with Gasteiger partial charge in [-0.2, -0.15) is 4.98 Å². The number of anilines is 2. The van der Waals surface area contributed by atoms with Crippen LogP contribution in [0.15, 0.2) is 4.99 Å². The van der Waals surface area contributed by atoms with Crippen LogP contribution in [0, 0.1) is 0 Å². The summed E-state index contributed by atoms with van der Waals surface area (Å²) in [5.74, 6) is 0.595. The zero-order valence-electron chi connectivity index (χ0n) is 6.58. The highest BCUT2D eigenvalue weighted by atomic mass is 35.5. The first-order valence-corrected chi connectivity index (χ1v) is 3.93. The first-order chi connectivity index (χ1) is 6.16. The lowest BCUT2D eigenvalue weighted by Crippen LogP contribution is -2.27. The first kappa shape index (κ1) is 8.06. The van der Waals surface area contributed by atoms with Gasteiger partial charge in [-0.05, 0) is 11.6 Å². The van der Waals surface area contributed by atoms with Crippen LogP contribution < -0.4 is 16.8 Å². The molecule has 0 aromatic carbocycles. The predicted molar refractivity (Wildman–Crippen MR) is 50.4 cm³/mol. The third-order valence-electron chi connectivity index (χ3n) is 1.64. The van der Waals surface area contributed by atoms with E-state index in [0.717, 1.165) is 0 Å². The number of nitrogens with one attached hydrogen (secondary N) is 1. The summed E-state index contributed by atoms with van der Waals surface area (Å²) >= 11 is 5.61. The molecule has 68 valence electrons. The number of hydrogen-bond donors (Lipinski definition) is 3. The van der Waals surface area contributed by atoms with Gasteiger partial charge in [-0.1, -0.05) is 0 Å². The summed E-state index contributed by atoms with van der Waals surface area (Å²) in [4.78, 5) is 11.7. The molecule has 0 fully saturated rings. The maximum atomic E-state index is 5.61. The molecule has 0 unspecified atom stereocenters. The average Bonchev–Trinajstić information content (AvgIpc) is 2.06. The van der Waals surface area contributed by atoms with Crippen LogP contribution in [0.4, 0.5) is 11.5 Å². The van der Waals surface area contributed by atoms with Crippen molar-refractivity contribution in [1.82, 2.24) is 9.97 Å². The smallest absolute Gasteiger partial charge is 0.224 e. The summed E-state index contributed by atoms with van der Waals surface area (Å²) in [7, 11) is 0. The lowest BCUT2D eigenvalue weighted by atomic mass is 10.3. The fraction of sp³-hybridized carbons (Fsp3) is 0.167. The zero-order chi connectivity index (χ0) is 9.42. The predicted octanol–water partition coefficient (Wildman–Crippen LogP) is -0.0476. The van der Waals surface area contributed by atoms with Gasteiger partial charge >= 0.3 is 0 Å². The van der Waals surface area contributed by atoms with E-state index in [1.807, 2.05) is 0 Å². The number of aliphatic imine (C=N–C) groups is 1. The molecule has 0 radical (unpaired) electrons. The molecule has 0 spiro atoms. The number of nitrogens with zero attached hydrogens (tertiary/aromatic N) is 3. The Labute approximate surface area is 79.0 Å². The number of halogens is 1. The van der Waals surface area contributed by atoms with E-state index in [9.17, 15) is 0 Å². The maximum absolute atomic E-state index is 5.61. The Morgan fingerprint density at radius 2 is 2.08 bits per heavy atom. The van der Waals surface area contributed by atoms with Gasteiger partial charge in [0.25, 0.3) is 0 Å². The van der Waals surface area contributed by atoms with Gasteiger partial charge in [0, 0.05) is 0 Å². The van der Waals surface area contributed by atoms with E-state index in [1.165, 1.54) is 0 Å². The van der Waals surface area contributed by atoms with Crippen LogP contribution >= 0.6 is 11.6 Å². The Morgan fingerprint density at radius 3 is 2.85 bits per heavy atom. The third kappa shape index (κ3) is 1.35. The molecule has 1 aromatic rings. The molecule has 6 nitrogen and oxygen atoms in total. The molecule has 0 atom stereocenters. The van der Waals surface area contributed by atoms with Gasteiger partial charge in [-0.15, -0.1) is 0 Å². The molecule has 0 aliphatic carbocycles. The van der Waals surface area contributed by atoms with Gasteiger partial charge in [0.2, 0.25) is 5.28 Å². The molecule has 5 N–H and O–H groups in total. The van der Waals surface area contributed by atoms with E-state index < -0.39 is 0 Å². The number of nitrogens with two attached hydrogens (primary N) is 2. The fourth-order valence-corrected chi connectivity index (χ4v) is 1.27. The molecule has 2 rings (SSSR count). The standard InChI is InChI=1S/C6H7ClN6/c7-5-11-2-1-10-6(9)12-3(2)4(8)13-5/h1H2,(H2,8,11,13)(H3,9,10,12). The number of rotatable bonds is 0. The van der Waals surface area contributed by atoms with Gasteiger partial charge in [-0.25, -0.2) is 9.98 Å². The van der Waals surface area contributed by atoms with E-state index >= 15 is 0 Å². The second-order valence-corrected chi connectivity index (χ2v) is 2.86. The van der Waals surface area contributed by atoms with Gasteiger partial charge in [0.15, 0.2) is 11.8 Å². The minimum absolute atomic E-state index is 0.119. The molecule has 1 aliphatic rings. The molecule has 7 heteroatoms. The monoisotopic (exact) mass is 198 g/mol. The number of nitrogen functional groups attached to an aromatic ring is 1. The largest absolute Gasteiger partial charge is 0.382 e. The summed E-state index contributed by atoms with van der Waals surface area (Å²) in [6, 6.07) is 0. The van der Waals surface area contributed by atoms with Crippen molar-refractivity contribution in [2.45, 2.75) is 6.54 Å². The summed E-state index contributed by atoms with van der Waals surface area (Å²) in [6.07, 6.45) is 0. The van der Waals surface area contributed by atoms with Gasteiger partial charge < -0.3 is 16.8 Å². The van der Waals surface area contributed by atoms with Crippen molar-refractivity contribution < 1.29 is 0 Å². The minimum atomic E-state index is 0.119. The van der Waals surface area contributed by atoms with Crippen molar-refractivity contribution in [3.05, 3.63) is 11.0 Å². The molecule has 2 heterocycles. The number of aromatic nitrogens is 2. The minimum Gasteiger partial charge on any atom is -0.382 e. The zero-order valence-corrected chi connectivity index (χ0v) is 7.34. The highest BCUT2D eigenvalue weighted by Crippen LogP contribution is 2.24. The summed E-state index contributed by atoms with van der Waals surface area (Å²) < 4.78 is 0. The highest BCUT2D eigenvalue weighted by Gasteiger charge is 2.15. The number of guanidine groups is 1. The Balaban J connectivity index is 2.52. The fourth-order valence-electron chi connectivity index (χ4n) is 1.07. The number of fused-ring (bicyclic) bond motifs is 1. The van der Waals surface area contributed by atoms with Crippen molar-refractivity contribution in [1.29, 1.82) is 0 Å². The lowest BCUT2D eigenvalue weighted by Gasteiger charge is -2.15. The Kier molecular flexibility index (Phi) is 1.70. The molecule has 1 aromatic heterocycles. The summed E-state index contributed by atoms with van der Waals surface area (Å²) in [6.45, 7) is 0.376. The Hall–Kier alpha value is -1.56. The summed E-state index contributed by atoms with van der Waals surface area (Å²) in [5, 5.41) is 2.89. The van der Waals surface area contributed by atoms with E-state index in [4.69, 9.17) is 23.1 Å². The van der Waals surface area contributed by atoms with Crippen molar-refractivity contribution in [2.75, 3.05) is 11.1 Å². The van der Waals surface area contributed by atoms with Crippen molar-refractivity contribution >= 4 is 29.1 Å². The van der Waals surface area contributed by atoms with E-state index in [0.29, 0.717) is 23.9 Å². The number of hydrogen-bond acceptors (Lipinski definition) is 6. The SMILES string of the molecule is NC1=NCc2nc(Cl)nc(N)c2N1. The van der Waals surface area contributed by atoms with E-state index in [1.54, 1.807) is 0 Å². The molecule has 0 saturated heterocycles. The van der Waals surface area contributed by atoms with Crippen LogP contribution in [0.3, 0.4) is 0 Å². The second kappa shape index (κ2) is 2.74. The summed E-state index contributed by atoms with van der Waals surface area (Å²) in [5.41, 5.74) is 12.3. The quantitative estimate of drug-likeness (QED) is 0.508. The van der Waals surface area contributed by atoms with Gasteiger partial charge in [0.05, 0.1) is 12.2 Å². The molecule has 0 amide bonds. The molecule has 13 heavy (non-hydrogen) atoms. The lowest BCUT2D eigenvalue weighted by molar-refractivity contribution is 0.950. The molecule has 1 aliphatic heterocycles. The third-order valence-corrected chi connectivity index (χ3v) is 1.81. The highest BCUT2D eigenvalue weighted by molar-refractivity contribution is 6.28. The van der Waals surface area contributed by atoms with Crippen LogP contribution in [0.2, 0.25) is 5.28 Å². The first-order valence-electron chi connectivity index (χ1n) is 3.55. The van der Waals surface area contributed by atoms with Crippen LogP contribution in [0.5, 0.6) is 0 Å². The molecule has 0 saturated carbocycles. The van der Waals surface area contributed by atoms with Gasteiger partial charge in [-0.3, -0.25) is 0 Å². The molecular weight excluding hydrogens is 192 g/mol. The topological polar surface area (TPSA) is 102 Å². The molecule has 0 bridgehead atoms. The van der Waals surface area contributed by atoms with Crippen molar-refractivity contribution in [3.63, 3.8) is 0 Å². The second-order valence-electron chi connectivity index (χ2n) is 2.53. The van der Waals surface area contributed by atoms with Crippen molar-refractivity contribution in [2.24, 2.45) is 10.7 Å².